The number of rotatable bonds is 2. The Morgan fingerprint density at radius 1 is 1.27 bits per heavy atom. The highest BCUT2D eigenvalue weighted by atomic mass is 14.7. The Balaban J connectivity index is 2.21. The largest absolute Gasteiger partial charge is 0.330 e. The fourth-order valence-electron chi connectivity index (χ4n) is 2.61. The Hall–Kier alpha value is -0.340. The fourth-order valence-corrected chi connectivity index (χ4v) is 2.61. The van der Waals surface area contributed by atoms with Crippen LogP contribution in [0.1, 0.15) is 12.8 Å². The summed E-state index contributed by atoms with van der Waals surface area (Å²) in [5.74, 6) is 1.47. The summed E-state index contributed by atoms with van der Waals surface area (Å²) in [7, 11) is 0. The summed E-state index contributed by atoms with van der Waals surface area (Å²) in [6, 6.07) is 0. The van der Waals surface area contributed by atoms with Gasteiger partial charge in [-0.1, -0.05) is 12.2 Å². The first-order valence-corrected chi connectivity index (χ1v) is 4.39. The average Bonchev–Trinajstić information content (AvgIpc) is 2.62. The molecular formula is C9H16N2. The molecule has 0 aliphatic heterocycles. The van der Waals surface area contributed by atoms with Crippen molar-refractivity contribution in [3.63, 3.8) is 0 Å². The first-order chi connectivity index (χ1) is 5.30. The van der Waals surface area contributed by atoms with Gasteiger partial charge in [-0.25, -0.2) is 0 Å². The molecule has 2 aliphatic carbocycles. The molecule has 1 saturated carbocycles. The molecule has 2 atom stereocenters. The van der Waals surface area contributed by atoms with Crippen molar-refractivity contribution < 1.29 is 0 Å². The van der Waals surface area contributed by atoms with Gasteiger partial charge in [0.15, 0.2) is 0 Å². The van der Waals surface area contributed by atoms with Crippen molar-refractivity contribution in [2.24, 2.45) is 28.7 Å². The average molecular weight is 152 g/mol. The van der Waals surface area contributed by atoms with Crippen LogP contribution in [0.15, 0.2) is 12.2 Å². The monoisotopic (exact) mass is 152 g/mol. The number of hydrogen-bond donors (Lipinski definition) is 2. The van der Waals surface area contributed by atoms with Crippen molar-refractivity contribution in [2.45, 2.75) is 12.8 Å². The van der Waals surface area contributed by atoms with Crippen LogP contribution in [0.25, 0.3) is 0 Å². The molecule has 0 heterocycles. The van der Waals surface area contributed by atoms with Gasteiger partial charge in [0.2, 0.25) is 0 Å². The summed E-state index contributed by atoms with van der Waals surface area (Å²) in [4.78, 5) is 0. The lowest BCUT2D eigenvalue weighted by atomic mass is 9.76. The predicted octanol–water partition coefficient (Wildman–Crippen LogP) is 0.486. The van der Waals surface area contributed by atoms with Crippen molar-refractivity contribution in [1.82, 2.24) is 0 Å². The minimum atomic E-state index is 0.263. The van der Waals surface area contributed by atoms with Crippen molar-refractivity contribution in [3.8, 4) is 0 Å². The second kappa shape index (κ2) is 2.32. The minimum absolute atomic E-state index is 0.263. The third kappa shape index (κ3) is 0.861. The maximum absolute atomic E-state index is 5.75. The maximum atomic E-state index is 5.75. The smallest absolute Gasteiger partial charge is 0.00165 e. The van der Waals surface area contributed by atoms with Gasteiger partial charge in [-0.2, -0.15) is 0 Å². The van der Waals surface area contributed by atoms with Crippen LogP contribution in [0.4, 0.5) is 0 Å². The van der Waals surface area contributed by atoms with Crippen LogP contribution in [0, 0.1) is 17.3 Å². The van der Waals surface area contributed by atoms with E-state index in [1.165, 1.54) is 12.8 Å². The lowest BCUT2D eigenvalue weighted by Gasteiger charge is -2.32. The van der Waals surface area contributed by atoms with Gasteiger partial charge in [-0.15, -0.1) is 0 Å². The molecule has 0 saturated heterocycles. The highest BCUT2D eigenvalue weighted by molar-refractivity contribution is 5.16. The van der Waals surface area contributed by atoms with E-state index >= 15 is 0 Å². The Bertz CT molecular complexity index is 182. The molecule has 4 N–H and O–H groups in total. The summed E-state index contributed by atoms with van der Waals surface area (Å²) >= 11 is 0. The van der Waals surface area contributed by atoms with Gasteiger partial charge in [-0.05, 0) is 37.8 Å². The zero-order valence-corrected chi connectivity index (χ0v) is 6.79. The van der Waals surface area contributed by atoms with Crippen LogP contribution >= 0.6 is 0 Å². The summed E-state index contributed by atoms with van der Waals surface area (Å²) in [5, 5.41) is 0. The van der Waals surface area contributed by atoms with Gasteiger partial charge in [-0.3, -0.25) is 0 Å². The van der Waals surface area contributed by atoms with Crippen LogP contribution in [-0.4, -0.2) is 13.1 Å². The number of allylic oxidation sites excluding steroid dienone is 2. The molecule has 0 aromatic heterocycles. The molecule has 0 spiro atoms. The molecule has 62 valence electrons. The van der Waals surface area contributed by atoms with E-state index in [9.17, 15) is 0 Å². The van der Waals surface area contributed by atoms with Crippen LogP contribution in [0.2, 0.25) is 0 Å². The van der Waals surface area contributed by atoms with Gasteiger partial charge in [0, 0.05) is 5.41 Å². The minimum Gasteiger partial charge on any atom is -0.330 e. The van der Waals surface area contributed by atoms with Gasteiger partial charge in [0.25, 0.3) is 0 Å². The Morgan fingerprint density at radius 3 is 2.27 bits per heavy atom. The van der Waals surface area contributed by atoms with Crippen LogP contribution < -0.4 is 11.5 Å². The Morgan fingerprint density at radius 2 is 2.00 bits per heavy atom. The number of hydrogen-bond acceptors (Lipinski definition) is 2. The second-order valence-corrected chi connectivity index (χ2v) is 3.96. The van der Waals surface area contributed by atoms with E-state index < -0.39 is 0 Å². The molecule has 2 bridgehead atoms. The zero-order valence-electron chi connectivity index (χ0n) is 6.79. The fraction of sp³-hybridized carbons (Fsp3) is 0.778. The summed E-state index contributed by atoms with van der Waals surface area (Å²) < 4.78 is 0. The first-order valence-electron chi connectivity index (χ1n) is 4.39. The van der Waals surface area contributed by atoms with E-state index in [4.69, 9.17) is 11.5 Å². The summed E-state index contributed by atoms with van der Waals surface area (Å²) in [6.45, 7) is 1.52. The highest BCUT2D eigenvalue weighted by Crippen LogP contribution is 2.50. The Kier molecular flexibility index (Phi) is 1.55. The van der Waals surface area contributed by atoms with Crippen molar-refractivity contribution in [3.05, 3.63) is 12.2 Å². The van der Waals surface area contributed by atoms with E-state index in [1.54, 1.807) is 0 Å². The molecule has 1 fully saturated rings. The van der Waals surface area contributed by atoms with E-state index in [0.29, 0.717) is 5.92 Å². The first kappa shape index (κ1) is 7.32. The molecule has 2 rings (SSSR count). The standard InChI is InChI=1S/C9H16N2/c10-5-9(6-11)4-7-1-2-8(9)3-7/h1-2,7-8H,3-6,10-11H2. The Labute approximate surface area is 67.6 Å². The van der Waals surface area contributed by atoms with Gasteiger partial charge in [0.1, 0.15) is 0 Å². The molecule has 0 aromatic carbocycles. The molecular weight excluding hydrogens is 136 g/mol. The third-order valence-electron chi connectivity index (χ3n) is 3.44. The number of fused-ring (bicyclic) bond motifs is 2. The van der Waals surface area contributed by atoms with Gasteiger partial charge >= 0.3 is 0 Å². The molecule has 0 amide bonds. The van der Waals surface area contributed by atoms with Crippen molar-refractivity contribution in [1.29, 1.82) is 0 Å². The quantitative estimate of drug-likeness (QED) is 0.566. The third-order valence-corrected chi connectivity index (χ3v) is 3.44. The normalized spacial score (nSPS) is 38.4. The molecule has 0 aromatic rings. The molecule has 2 aliphatic rings. The lowest BCUT2D eigenvalue weighted by molar-refractivity contribution is 0.251. The number of nitrogens with two attached hydrogens (primary N) is 2. The van der Waals surface area contributed by atoms with Gasteiger partial charge in [0.05, 0.1) is 0 Å². The van der Waals surface area contributed by atoms with Crippen LogP contribution in [0.5, 0.6) is 0 Å². The topological polar surface area (TPSA) is 52.0 Å². The van der Waals surface area contributed by atoms with Crippen LogP contribution in [0.3, 0.4) is 0 Å². The SMILES string of the molecule is NCC1(CN)CC2C=CC1C2. The second-order valence-electron chi connectivity index (χ2n) is 3.96. The lowest BCUT2D eigenvalue weighted by Crippen LogP contribution is -2.41. The van der Waals surface area contributed by atoms with Crippen molar-refractivity contribution >= 4 is 0 Å². The summed E-state index contributed by atoms with van der Waals surface area (Å²) in [6.07, 6.45) is 7.16. The highest BCUT2D eigenvalue weighted by Gasteiger charge is 2.46. The zero-order chi connectivity index (χ0) is 7.90. The maximum Gasteiger partial charge on any atom is 0.00165 e. The molecule has 2 heteroatoms. The molecule has 2 unspecified atom stereocenters. The van der Waals surface area contributed by atoms with E-state index in [0.717, 1.165) is 19.0 Å². The van der Waals surface area contributed by atoms with Crippen LogP contribution in [-0.2, 0) is 0 Å². The van der Waals surface area contributed by atoms with E-state index in [2.05, 4.69) is 12.2 Å². The van der Waals surface area contributed by atoms with E-state index in [-0.39, 0.29) is 5.41 Å². The predicted molar refractivity (Wildman–Crippen MR) is 45.9 cm³/mol. The van der Waals surface area contributed by atoms with E-state index in [1.807, 2.05) is 0 Å². The molecule has 11 heavy (non-hydrogen) atoms. The molecule has 0 radical (unpaired) electrons. The van der Waals surface area contributed by atoms with Gasteiger partial charge < -0.3 is 11.5 Å². The van der Waals surface area contributed by atoms with Crippen molar-refractivity contribution in [2.75, 3.05) is 13.1 Å². The molecule has 2 nitrogen and oxygen atoms in total. The summed E-state index contributed by atoms with van der Waals surface area (Å²) in [5.41, 5.74) is 11.8.